The zero-order valence-corrected chi connectivity index (χ0v) is 10.5. The summed E-state index contributed by atoms with van der Waals surface area (Å²) in [5, 5.41) is 3.48. The van der Waals surface area contributed by atoms with Gasteiger partial charge < -0.3 is 10.1 Å². The second kappa shape index (κ2) is 5.99. The van der Waals surface area contributed by atoms with Gasteiger partial charge in [-0.1, -0.05) is 36.9 Å². The SMILES string of the molecule is C=C(CNCC1CCOC1C)c1ccccc1. The third kappa shape index (κ3) is 3.42. The van der Waals surface area contributed by atoms with Crippen LogP contribution in [0.3, 0.4) is 0 Å². The molecule has 1 N–H and O–H groups in total. The number of ether oxygens (including phenoxy) is 1. The van der Waals surface area contributed by atoms with Gasteiger partial charge in [0.25, 0.3) is 0 Å². The fraction of sp³-hybridized carbons (Fsp3) is 0.467. The van der Waals surface area contributed by atoms with E-state index in [2.05, 4.69) is 31.0 Å². The molecule has 2 unspecified atom stereocenters. The Morgan fingerprint density at radius 2 is 2.18 bits per heavy atom. The number of nitrogens with one attached hydrogen (secondary N) is 1. The lowest BCUT2D eigenvalue weighted by molar-refractivity contribution is 0.106. The van der Waals surface area contributed by atoms with Crippen LogP contribution in [0, 0.1) is 5.92 Å². The van der Waals surface area contributed by atoms with Crippen molar-refractivity contribution >= 4 is 5.57 Å². The molecule has 2 atom stereocenters. The minimum Gasteiger partial charge on any atom is -0.378 e. The van der Waals surface area contributed by atoms with E-state index >= 15 is 0 Å². The van der Waals surface area contributed by atoms with Gasteiger partial charge in [-0.3, -0.25) is 0 Å². The summed E-state index contributed by atoms with van der Waals surface area (Å²) >= 11 is 0. The standard InChI is InChI=1S/C15H21NO/c1-12(14-6-4-3-5-7-14)10-16-11-15-8-9-17-13(15)2/h3-7,13,15-16H,1,8-11H2,2H3. The summed E-state index contributed by atoms with van der Waals surface area (Å²) in [6.45, 7) is 9.06. The molecule has 0 aliphatic carbocycles. The van der Waals surface area contributed by atoms with Crippen molar-refractivity contribution in [3.05, 3.63) is 42.5 Å². The van der Waals surface area contributed by atoms with E-state index in [0.717, 1.165) is 25.3 Å². The highest BCUT2D eigenvalue weighted by Gasteiger charge is 2.23. The summed E-state index contributed by atoms with van der Waals surface area (Å²) in [5.74, 6) is 0.651. The first-order valence-corrected chi connectivity index (χ1v) is 6.33. The number of hydrogen-bond acceptors (Lipinski definition) is 2. The van der Waals surface area contributed by atoms with Crippen molar-refractivity contribution in [2.24, 2.45) is 5.92 Å². The van der Waals surface area contributed by atoms with Gasteiger partial charge in [0, 0.05) is 19.7 Å². The zero-order chi connectivity index (χ0) is 12.1. The number of benzene rings is 1. The first-order chi connectivity index (χ1) is 8.27. The molecular weight excluding hydrogens is 210 g/mol. The van der Waals surface area contributed by atoms with Crippen molar-refractivity contribution in [2.45, 2.75) is 19.4 Å². The molecule has 2 heteroatoms. The van der Waals surface area contributed by atoms with Gasteiger partial charge in [-0.2, -0.15) is 0 Å². The molecule has 1 heterocycles. The van der Waals surface area contributed by atoms with Gasteiger partial charge in [0.05, 0.1) is 6.10 Å². The monoisotopic (exact) mass is 231 g/mol. The molecule has 17 heavy (non-hydrogen) atoms. The predicted octanol–water partition coefficient (Wildman–Crippen LogP) is 2.71. The fourth-order valence-electron chi connectivity index (χ4n) is 2.23. The van der Waals surface area contributed by atoms with Crippen LogP contribution < -0.4 is 5.32 Å². The van der Waals surface area contributed by atoms with E-state index < -0.39 is 0 Å². The Kier molecular flexibility index (Phi) is 4.35. The Bertz CT molecular complexity index is 360. The minimum atomic E-state index is 0.396. The van der Waals surface area contributed by atoms with E-state index in [0.29, 0.717) is 12.0 Å². The highest BCUT2D eigenvalue weighted by molar-refractivity contribution is 5.64. The largest absolute Gasteiger partial charge is 0.378 e. The molecule has 2 rings (SSSR count). The fourth-order valence-corrected chi connectivity index (χ4v) is 2.23. The van der Waals surface area contributed by atoms with Gasteiger partial charge in [-0.05, 0) is 30.4 Å². The smallest absolute Gasteiger partial charge is 0.0588 e. The molecular formula is C15H21NO. The Balaban J connectivity index is 1.74. The van der Waals surface area contributed by atoms with Crippen molar-refractivity contribution in [1.29, 1.82) is 0 Å². The topological polar surface area (TPSA) is 21.3 Å². The summed E-state index contributed by atoms with van der Waals surface area (Å²) < 4.78 is 5.55. The third-order valence-corrected chi connectivity index (χ3v) is 3.46. The van der Waals surface area contributed by atoms with Crippen LogP contribution in [0.5, 0.6) is 0 Å². The van der Waals surface area contributed by atoms with Crippen LogP contribution in [-0.2, 0) is 4.74 Å². The number of hydrogen-bond donors (Lipinski definition) is 1. The molecule has 0 bridgehead atoms. The van der Waals surface area contributed by atoms with Crippen LogP contribution in [0.15, 0.2) is 36.9 Å². The Hall–Kier alpha value is -1.12. The Morgan fingerprint density at radius 1 is 1.41 bits per heavy atom. The van der Waals surface area contributed by atoms with Gasteiger partial charge in [-0.25, -0.2) is 0 Å². The van der Waals surface area contributed by atoms with Gasteiger partial charge in [0.2, 0.25) is 0 Å². The molecule has 0 radical (unpaired) electrons. The molecule has 1 aromatic carbocycles. The molecule has 92 valence electrons. The van der Waals surface area contributed by atoms with Gasteiger partial charge in [-0.15, -0.1) is 0 Å². The van der Waals surface area contributed by atoms with Crippen LogP contribution in [0.25, 0.3) is 5.57 Å². The summed E-state index contributed by atoms with van der Waals surface area (Å²) in [5.41, 5.74) is 2.37. The van der Waals surface area contributed by atoms with E-state index in [1.807, 2.05) is 18.2 Å². The van der Waals surface area contributed by atoms with E-state index in [4.69, 9.17) is 4.74 Å². The molecule has 0 aromatic heterocycles. The Labute approximate surface area is 104 Å². The predicted molar refractivity (Wildman–Crippen MR) is 71.9 cm³/mol. The maximum atomic E-state index is 5.55. The molecule has 1 aliphatic heterocycles. The number of rotatable bonds is 5. The highest BCUT2D eigenvalue weighted by atomic mass is 16.5. The van der Waals surface area contributed by atoms with E-state index in [1.165, 1.54) is 12.0 Å². The average Bonchev–Trinajstić information content (AvgIpc) is 2.76. The summed E-state index contributed by atoms with van der Waals surface area (Å²) in [7, 11) is 0. The zero-order valence-electron chi connectivity index (χ0n) is 10.5. The van der Waals surface area contributed by atoms with Crippen molar-refractivity contribution in [3.8, 4) is 0 Å². The van der Waals surface area contributed by atoms with Crippen molar-refractivity contribution < 1.29 is 4.74 Å². The first kappa shape index (κ1) is 12.3. The van der Waals surface area contributed by atoms with E-state index in [9.17, 15) is 0 Å². The lowest BCUT2D eigenvalue weighted by Crippen LogP contribution is -2.28. The Morgan fingerprint density at radius 3 is 2.82 bits per heavy atom. The summed E-state index contributed by atoms with van der Waals surface area (Å²) in [6, 6.07) is 10.3. The van der Waals surface area contributed by atoms with Crippen molar-refractivity contribution in [3.63, 3.8) is 0 Å². The van der Waals surface area contributed by atoms with Crippen LogP contribution in [0.2, 0.25) is 0 Å². The molecule has 0 saturated carbocycles. The van der Waals surface area contributed by atoms with Gasteiger partial charge in [0.15, 0.2) is 0 Å². The van der Waals surface area contributed by atoms with Crippen LogP contribution in [0.4, 0.5) is 0 Å². The highest BCUT2D eigenvalue weighted by Crippen LogP contribution is 2.19. The van der Waals surface area contributed by atoms with Crippen LogP contribution in [0.1, 0.15) is 18.9 Å². The molecule has 1 aliphatic rings. The maximum absolute atomic E-state index is 5.55. The molecule has 1 fully saturated rings. The average molecular weight is 231 g/mol. The summed E-state index contributed by atoms with van der Waals surface area (Å²) in [6.07, 6.45) is 1.57. The van der Waals surface area contributed by atoms with Crippen molar-refractivity contribution in [2.75, 3.05) is 19.7 Å². The quantitative estimate of drug-likeness (QED) is 0.841. The van der Waals surface area contributed by atoms with Gasteiger partial charge >= 0.3 is 0 Å². The molecule has 0 amide bonds. The third-order valence-electron chi connectivity index (χ3n) is 3.46. The normalized spacial score (nSPS) is 23.8. The lowest BCUT2D eigenvalue weighted by Gasteiger charge is -2.15. The van der Waals surface area contributed by atoms with E-state index in [-0.39, 0.29) is 0 Å². The lowest BCUT2D eigenvalue weighted by atomic mass is 10.0. The first-order valence-electron chi connectivity index (χ1n) is 6.33. The maximum Gasteiger partial charge on any atom is 0.0588 e. The van der Waals surface area contributed by atoms with Crippen LogP contribution in [-0.4, -0.2) is 25.8 Å². The molecule has 2 nitrogen and oxygen atoms in total. The van der Waals surface area contributed by atoms with Gasteiger partial charge in [0.1, 0.15) is 0 Å². The van der Waals surface area contributed by atoms with Crippen LogP contribution >= 0.6 is 0 Å². The molecule has 0 spiro atoms. The van der Waals surface area contributed by atoms with Crippen molar-refractivity contribution in [1.82, 2.24) is 5.32 Å². The summed E-state index contributed by atoms with van der Waals surface area (Å²) in [4.78, 5) is 0. The molecule has 1 saturated heterocycles. The second-order valence-corrected chi connectivity index (χ2v) is 4.73. The molecule has 1 aromatic rings. The minimum absolute atomic E-state index is 0.396. The second-order valence-electron chi connectivity index (χ2n) is 4.73. The van der Waals surface area contributed by atoms with E-state index in [1.54, 1.807) is 0 Å².